The van der Waals surface area contributed by atoms with Crippen LogP contribution in [0.2, 0.25) is 0 Å². The largest absolute Gasteiger partial charge is 0.472 e. The third kappa shape index (κ3) is 69.2. The molecule has 0 aromatic carbocycles. The third-order valence-electron chi connectivity index (χ3n) is 18.2. The maximum Gasteiger partial charge on any atom is 0.472 e. The molecule has 0 aromatic heterocycles. The summed E-state index contributed by atoms with van der Waals surface area (Å²) in [6.07, 6.45) is 54.0. The number of esters is 4. The highest BCUT2D eigenvalue weighted by Crippen LogP contribution is 2.45. The van der Waals surface area contributed by atoms with Gasteiger partial charge in [-0.1, -0.05) is 344 Å². The number of phosphoric ester groups is 2. The first-order chi connectivity index (χ1) is 46.3. The molecule has 0 radical (unpaired) electrons. The van der Waals surface area contributed by atoms with E-state index in [1.165, 1.54) is 199 Å². The van der Waals surface area contributed by atoms with Crippen molar-refractivity contribution in [2.24, 2.45) is 17.8 Å². The molecule has 0 aliphatic carbocycles. The number of hydrogen-bond donors (Lipinski definition) is 3. The molecular formula is C77H150O17P2. The van der Waals surface area contributed by atoms with Gasteiger partial charge in [0.25, 0.3) is 0 Å². The van der Waals surface area contributed by atoms with Crippen molar-refractivity contribution in [2.75, 3.05) is 39.6 Å². The van der Waals surface area contributed by atoms with Crippen molar-refractivity contribution in [3.05, 3.63) is 0 Å². The smallest absolute Gasteiger partial charge is 0.462 e. The van der Waals surface area contributed by atoms with Crippen molar-refractivity contribution >= 4 is 39.5 Å². The van der Waals surface area contributed by atoms with E-state index in [0.717, 1.165) is 108 Å². The van der Waals surface area contributed by atoms with Crippen LogP contribution in [0.5, 0.6) is 0 Å². The predicted molar refractivity (Wildman–Crippen MR) is 391 cm³/mol. The van der Waals surface area contributed by atoms with Gasteiger partial charge in [0.15, 0.2) is 12.2 Å². The monoisotopic (exact) mass is 1410 g/mol. The first kappa shape index (κ1) is 94.1. The van der Waals surface area contributed by atoms with E-state index in [1.54, 1.807) is 0 Å². The molecule has 0 heterocycles. The van der Waals surface area contributed by atoms with Gasteiger partial charge in [-0.25, -0.2) is 9.13 Å². The van der Waals surface area contributed by atoms with Crippen LogP contribution in [0.25, 0.3) is 0 Å². The summed E-state index contributed by atoms with van der Waals surface area (Å²) in [6, 6.07) is 0. The van der Waals surface area contributed by atoms with Crippen LogP contribution in [-0.4, -0.2) is 96.7 Å². The first-order valence-electron chi connectivity index (χ1n) is 39.9. The summed E-state index contributed by atoms with van der Waals surface area (Å²) >= 11 is 0. The van der Waals surface area contributed by atoms with Gasteiger partial charge in [0.05, 0.1) is 26.4 Å². The van der Waals surface area contributed by atoms with Gasteiger partial charge in [-0.2, -0.15) is 0 Å². The fourth-order valence-corrected chi connectivity index (χ4v) is 13.3. The molecule has 0 saturated carbocycles. The Morgan fingerprint density at radius 2 is 0.531 bits per heavy atom. The summed E-state index contributed by atoms with van der Waals surface area (Å²) in [5, 5.41) is 10.6. The molecule has 570 valence electrons. The molecule has 0 saturated heterocycles. The summed E-state index contributed by atoms with van der Waals surface area (Å²) in [5.41, 5.74) is 0. The van der Waals surface area contributed by atoms with Crippen LogP contribution in [0.15, 0.2) is 0 Å². The van der Waals surface area contributed by atoms with Crippen molar-refractivity contribution in [3.8, 4) is 0 Å². The first-order valence-corrected chi connectivity index (χ1v) is 42.9. The van der Waals surface area contributed by atoms with Crippen LogP contribution >= 0.6 is 15.6 Å². The standard InChI is InChI=1S/C77H150O17P2/c1-8-10-11-12-13-14-15-25-31-38-46-53-60-76(81)94-73(65-88-75(80)59-52-45-40-33-35-42-49-56-69(5)6)67-92-96(85,86)90-63-71(78)62-89-95(83,84)91-66-72(64-87-74(79)58-51-44-37-30-26-22-18-19-23-28-34-41-48-55-68(3)4)93-77(82)61-54-47-39-32-27-21-17-16-20-24-29-36-43-50-57-70(7)9-2/h68-73,78H,8-67H2,1-7H3,(H,83,84)(H,85,86)/t70?,71-,72-,73-/m1/s1. The molecule has 6 atom stereocenters. The van der Waals surface area contributed by atoms with Gasteiger partial charge in [0, 0.05) is 25.7 Å². The lowest BCUT2D eigenvalue weighted by Crippen LogP contribution is -2.30. The van der Waals surface area contributed by atoms with Crippen molar-refractivity contribution in [3.63, 3.8) is 0 Å². The lowest BCUT2D eigenvalue weighted by atomic mass is 9.99. The van der Waals surface area contributed by atoms with E-state index in [1.807, 2.05) is 0 Å². The highest BCUT2D eigenvalue weighted by Gasteiger charge is 2.30. The van der Waals surface area contributed by atoms with Crippen molar-refractivity contribution in [2.45, 2.75) is 414 Å². The SMILES string of the molecule is CCCCCCCCCCCCCCC(=O)O[C@H](COC(=O)CCCCCCCCCC(C)C)COP(=O)(O)OC[C@H](O)COP(=O)(O)OC[C@@H](COC(=O)CCCCCCCCCCCCCCCC(C)C)OC(=O)CCCCCCCCCCCCCCCCC(C)CC. The molecule has 0 aliphatic rings. The second kappa shape index (κ2) is 67.5. The number of hydrogen-bond acceptors (Lipinski definition) is 15. The number of unbranched alkanes of at least 4 members (excludes halogenated alkanes) is 42. The van der Waals surface area contributed by atoms with Crippen LogP contribution in [0.1, 0.15) is 395 Å². The summed E-state index contributed by atoms with van der Waals surface area (Å²) in [5.74, 6) is 0.226. The maximum atomic E-state index is 13.1. The Bertz CT molecular complexity index is 1870. The van der Waals surface area contributed by atoms with E-state index in [-0.39, 0.29) is 25.7 Å². The highest BCUT2D eigenvalue weighted by molar-refractivity contribution is 7.47. The van der Waals surface area contributed by atoms with Gasteiger partial charge in [-0.3, -0.25) is 37.3 Å². The van der Waals surface area contributed by atoms with E-state index in [2.05, 4.69) is 48.5 Å². The lowest BCUT2D eigenvalue weighted by molar-refractivity contribution is -0.161. The van der Waals surface area contributed by atoms with Gasteiger partial charge in [-0.05, 0) is 43.4 Å². The molecule has 0 bridgehead atoms. The zero-order chi connectivity index (χ0) is 70.9. The van der Waals surface area contributed by atoms with Crippen LogP contribution in [0, 0.1) is 17.8 Å². The molecule has 19 heteroatoms. The fraction of sp³-hybridized carbons (Fsp3) is 0.948. The minimum atomic E-state index is -4.96. The summed E-state index contributed by atoms with van der Waals surface area (Å²) < 4.78 is 68.6. The van der Waals surface area contributed by atoms with Gasteiger partial charge in [0.1, 0.15) is 19.3 Å². The minimum Gasteiger partial charge on any atom is -0.462 e. The Morgan fingerprint density at radius 1 is 0.302 bits per heavy atom. The summed E-state index contributed by atoms with van der Waals surface area (Å²) in [7, 11) is -9.91. The molecular weight excluding hydrogens is 1260 g/mol. The number of aliphatic hydroxyl groups excluding tert-OH is 1. The number of phosphoric acid groups is 2. The van der Waals surface area contributed by atoms with Crippen molar-refractivity contribution in [1.29, 1.82) is 0 Å². The third-order valence-corrected chi connectivity index (χ3v) is 20.1. The molecule has 3 unspecified atom stereocenters. The topological polar surface area (TPSA) is 237 Å². The number of aliphatic hydroxyl groups is 1. The van der Waals surface area contributed by atoms with Gasteiger partial charge < -0.3 is 33.8 Å². The maximum absolute atomic E-state index is 13.1. The van der Waals surface area contributed by atoms with Gasteiger partial charge in [0.2, 0.25) is 0 Å². The molecule has 0 rings (SSSR count). The number of rotatable bonds is 75. The van der Waals surface area contributed by atoms with Crippen LogP contribution in [0.4, 0.5) is 0 Å². The van der Waals surface area contributed by atoms with E-state index >= 15 is 0 Å². The Hall–Kier alpha value is -1.94. The molecule has 0 spiro atoms. The normalized spacial score (nSPS) is 14.3. The average molecular weight is 1410 g/mol. The molecule has 17 nitrogen and oxygen atoms in total. The van der Waals surface area contributed by atoms with E-state index < -0.39 is 97.5 Å². The Kier molecular flexibility index (Phi) is 66.2. The summed E-state index contributed by atoms with van der Waals surface area (Å²) in [4.78, 5) is 72.8. The van der Waals surface area contributed by atoms with Crippen molar-refractivity contribution in [1.82, 2.24) is 0 Å². The zero-order valence-electron chi connectivity index (χ0n) is 62.8. The predicted octanol–water partition coefficient (Wildman–Crippen LogP) is 22.6. The van der Waals surface area contributed by atoms with E-state index in [0.29, 0.717) is 31.6 Å². The average Bonchev–Trinajstić information content (AvgIpc) is 1.93. The highest BCUT2D eigenvalue weighted by atomic mass is 31.2. The molecule has 96 heavy (non-hydrogen) atoms. The number of carbonyl (C=O) groups is 4. The van der Waals surface area contributed by atoms with Gasteiger partial charge >= 0.3 is 39.5 Å². The zero-order valence-corrected chi connectivity index (χ0v) is 64.6. The summed E-state index contributed by atoms with van der Waals surface area (Å²) in [6.45, 7) is 11.9. The second-order valence-corrected chi connectivity index (χ2v) is 31.8. The van der Waals surface area contributed by atoms with E-state index in [9.17, 15) is 43.2 Å². The van der Waals surface area contributed by atoms with Crippen LogP contribution < -0.4 is 0 Å². The van der Waals surface area contributed by atoms with E-state index in [4.69, 9.17) is 37.0 Å². The molecule has 0 aliphatic heterocycles. The minimum absolute atomic E-state index is 0.106. The quantitative estimate of drug-likeness (QED) is 0.0222. The van der Waals surface area contributed by atoms with Crippen LogP contribution in [0.3, 0.4) is 0 Å². The number of carbonyl (C=O) groups excluding carboxylic acids is 4. The Morgan fingerprint density at radius 3 is 0.792 bits per heavy atom. The lowest BCUT2D eigenvalue weighted by Gasteiger charge is -2.21. The molecule has 3 N–H and O–H groups in total. The Labute approximate surface area is 588 Å². The molecule has 0 amide bonds. The molecule has 0 fully saturated rings. The number of ether oxygens (including phenoxy) is 4. The Balaban J connectivity index is 5.24. The van der Waals surface area contributed by atoms with Crippen LogP contribution in [-0.2, 0) is 65.4 Å². The second-order valence-electron chi connectivity index (χ2n) is 28.9. The molecule has 0 aromatic rings. The fourth-order valence-electron chi connectivity index (χ4n) is 11.7. The van der Waals surface area contributed by atoms with Gasteiger partial charge in [-0.15, -0.1) is 0 Å². The van der Waals surface area contributed by atoms with Crippen molar-refractivity contribution < 1.29 is 80.2 Å².